The van der Waals surface area contributed by atoms with Gasteiger partial charge in [0.25, 0.3) is 5.91 Å². The first-order chi connectivity index (χ1) is 11.1. The molecule has 0 bridgehead atoms. The van der Waals surface area contributed by atoms with E-state index in [4.69, 9.17) is 14.7 Å². The van der Waals surface area contributed by atoms with Crippen LogP contribution < -0.4 is 10.6 Å². The number of benzene rings is 1. The molecule has 0 heterocycles. The van der Waals surface area contributed by atoms with E-state index in [1.165, 1.54) is 6.20 Å². The zero-order chi connectivity index (χ0) is 17.1. The minimum absolute atomic E-state index is 0.151. The molecule has 0 radical (unpaired) electrons. The topological polar surface area (TPSA) is 100 Å². The SMILES string of the molecule is CCOC(=O)/C(C#N)=C/Nc1cccc(C(=O)NCCOC)c1. The maximum absolute atomic E-state index is 11.9. The smallest absolute Gasteiger partial charge is 0.350 e. The first-order valence-corrected chi connectivity index (χ1v) is 7.03. The van der Waals surface area contributed by atoms with E-state index in [9.17, 15) is 9.59 Å². The van der Waals surface area contributed by atoms with Gasteiger partial charge in [0.15, 0.2) is 5.57 Å². The second-order valence-corrected chi connectivity index (χ2v) is 4.36. The van der Waals surface area contributed by atoms with Gasteiger partial charge in [-0.15, -0.1) is 0 Å². The summed E-state index contributed by atoms with van der Waals surface area (Å²) in [7, 11) is 1.55. The Hall–Kier alpha value is -2.85. The molecule has 2 N–H and O–H groups in total. The lowest BCUT2D eigenvalue weighted by molar-refractivity contribution is -0.138. The van der Waals surface area contributed by atoms with Crippen molar-refractivity contribution >= 4 is 17.6 Å². The van der Waals surface area contributed by atoms with Gasteiger partial charge in [0.1, 0.15) is 6.07 Å². The fourth-order valence-electron chi connectivity index (χ4n) is 1.62. The molecule has 7 heteroatoms. The molecule has 0 fully saturated rings. The van der Waals surface area contributed by atoms with Crippen LogP contribution in [0.15, 0.2) is 36.0 Å². The average Bonchev–Trinajstić information content (AvgIpc) is 2.56. The van der Waals surface area contributed by atoms with Crippen molar-refractivity contribution < 1.29 is 19.1 Å². The number of nitriles is 1. The summed E-state index contributed by atoms with van der Waals surface area (Å²) in [4.78, 5) is 23.4. The maximum atomic E-state index is 11.9. The first-order valence-electron chi connectivity index (χ1n) is 7.03. The molecule has 0 aliphatic carbocycles. The van der Waals surface area contributed by atoms with Crippen molar-refractivity contribution in [2.24, 2.45) is 0 Å². The molecule has 0 unspecified atom stereocenters. The number of anilines is 1. The van der Waals surface area contributed by atoms with Gasteiger partial charge < -0.3 is 20.1 Å². The number of carbonyl (C=O) groups is 2. The number of esters is 1. The highest BCUT2D eigenvalue weighted by Crippen LogP contribution is 2.11. The number of amides is 1. The molecule has 7 nitrogen and oxygen atoms in total. The van der Waals surface area contributed by atoms with Crippen molar-refractivity contribution in [3.8, 4) is 6.07 Å². The van der Waals surface area contributed by atoms with Crippen LogP contribution in [-0.4, -0.2) is 38.7 Å². The van der Waals surface area contributed by atoms with E-state index >= 15 is 0 Å². The summed E-state index contributed by atoms with van der Waals surface area (Å²) in [5.74, 6) is -0.934. The largest absolute Gasteiger partial charge is 0.462 e. The van der Waals surface area contributed by atoms with Crippen LogP contribution in [0.25, 0.3) is 0 Å². The molecular formula is C16H19N3O4. The number of hydrogen-bond acceptors (Lipinski definition) is 6. The van der Waals surface area contributed by atoms with Crippen LogP contribution in [0.4, 0.5) is 5.69 Å². The van der Waals surface area contributed by atoms with Crippen LogP contribution in [-0.2, 0) is 14.3 Å². The Kier molecular flexibility index (Phi) is 7.89. The molecule has 0 saturated carbocycles. The summed E-state index contributed by atoms with van der Waals surface area (Å²) in [6.07, 6.45) is 1.25. The Morgan fingerprint density at radius 3 is 2.83 bits per heavy atom. The number of carbonyl (C=O) groups excluding carboxylic acids is 2. The third-order valence-corrected chi connectivity index (χ3v) is 2.72. The van der Waals surface area contributed by atoms with Crippen molar-refractivity contribution in [2.45, 2.75) is 6.92 Å². The van der Waals surface area contributed by atoms with E-state index in [0.717, 1.165) is 0 Å². The minimum Gasteiger partial charge on any atom is -0.462 e. The second kappa shape index (κ2) is 9.97. The van der Waals surface area contributed by atoms with Crippen LogP contribution in [0.1, 0.15) is 17.3 Å². The van der Waals surface area contributed by atoms with Gasteiger partial charge in [-0.05, 0) is 25.1 Å². The molecule has 23 heavy (non-hydrogen) atoms. The Balaban J connectivity index is 2.75. The van der Waals surface area contributed by atoms with E-state index in [0.29, 0.717) is 24.4 Å². The quantitative estimate of drug-likeness (QED) is 0.326. The lowest BCUT2D eigenvalue weighted by atomic mass is 10.2. The Bertz CT molecular complexity index is 620. The van der Waals surface area contributed by atoms with Crippen molar-refractivity contribution in [1.29, 1.82) is 5.26 Å². The van der Waals surface area contributed by atoms with E-state index < -0.39 is 5.97 Å². The monoisotopic (exact) mass is 317 g/mol. The van der Waals surface area contributed by atoms with E-state index in [-0.39, 0.29) is 18.1 Å². The Morgan fingerprint density at radius 1 is 1.39 bits per heavy atom. The molecule has 1 rings (SSSR count). The van der Waals surface area contributed by atoms with Crippen LogP contribution in [0.2, 0.25) is 0 Å². The van der Waals surface area contributed by atoms with Crippen molar-refractivity contribution in [1.82, 2.24) is 5.32 Å². The number of hydrogen-bond donors (Lipinski definition) is 2. The predicted molar refractivity (Wildman–Crippen MR) is 84.6 cm³/mol. The predicted octanol–water partition coefficient (Wildman–Crippen LogP) is 1.45. The van der Waals surface area contributed by atoms with Crippen LogP contribution in [0.3, 0.4) is 0 Å². The molecule has 0 aromatic heterocycles. The summed E-state index contributed by atoms with van der Waals surface area (Å²) in [5.41, 5.74) is 0.873. The van der Waals surface area contributed by atoms with Gasteiger partial charge in [0.2, 0.25) is 0 Å². The van der Waals surface area contributed by atoms with Gasteiger partial charge >= 0.3 is 5.97 Å². The fraction of sp³-hybridized carbons (Fsp3) is 0.312. The van der Waals surface area contributed by atoms with Gasteiger partial charge in [-0.1, -0.05) is 6.07 Å². The Labute approximate surface area is 134 Å². The van der Waals surface area contributed by atoms with Crippen LogP contribution >= 0.6 is 0 Å². The third kappa shape index (κ3) is 6.20. The van der Waals surface area contributed by atoms with Gasteiger partial charge in [-0.3, -0.25) is 4.79 Å². The van der Waals surface area contributed by atoms with Gasteiger partial charge in [-0.25, -0.2) is 4.79 Å². The molecule has 0 aliphatic rings. The zero-order valence-electron chi connectivity index (χ0n) is 13.1. The molecule has 1 amide bonds. The fourth-order valence-corrected chi connectivity index (χ4v) is 1.62. The zero-order valence-corrected chi connectivity index (χ0v) is 13.1. The number of nitrogens with one attached hydrogen (secondary N) is 2. The molecule has 0 atom stereocenters. The Morgan fingerprint density at radius 2 is 2.17 bits per heavy atom. The average molecular weight is 317 g/mol. The molecule has 0 saturated heterocycles. The lowest BCUT2D eigenvalue weighted by Crippen LogP contribution is -2.26. The number of rotatable bonds is 8. The summed E-state index contributed by atoms with van der Waals surface area (Å²) >= 11 is 0. The van der Waals surface area contributed by atoms with E-state index in [1.807, 2.05) is 0 Å². The molecule has 0 spiro atoms. The number of nitrogens with zero attached hydrogens (tertiary/aromatic N) is 1. The normalized spacial score (nSPS) is 10.6. The maximum Gasteiger partial charge on any atom is 0.350 e. The van der Waals surface area contributed by atoms with Crippen LogP contribution in [0.5, 0.6) is 0 Å². The summed E-state index contributed by atoms with van der Waals surface area (Å²) in [6.45, 7) is 2.69. The summed E-state index contributed by atoms with van der Waals surface area (Å²) in [6, 6.07) is 8.43. The van der Waals surface area contributed by atoms with Gasteiger partial charge in [-0.2, -0.15) is 5.26 Å². The van der Waals surface area contributed by atoms with E-state index in [2.05, 4.69) is 10.6 Å². The summed E-state index contributed by atoms with van der Waals surface area (Å²) in [5, 5.41) is 14.4. The van der Waals surface area contributed by atoms with Crippen molar-refractivity contribution in [2.75, 3.05) is 32.2 Å². The lowest BCUT2D eigenvalue weighted by Gasteiger charge is -2.07. The molecular weight excluding hydrogens is 298 g/mol. The first kappa shape index (κ1) is 18.2. The van der Waals surface area contributed by atoms with Crippen LogP contribution in [0, 0.1) is 11.3 Å². The highest BCUT2D eigenvalue weighted by atomic mass is 16.5. The summed E-state index contributed by atoms with van der Waals surface area (Å²) < 4.78 is 9.62. The number of ether oxygens (including phenoxy) is 2. The van der Waals surface area contributed by atoms with Gasteiger partial charge in [0.05, 0.1) is 13.2 Å². The van der Waals surface area contributed by atoms with Gasteiger partial charge in [0, 0.05) is 31.1 Å². The molecule has 122 valence electrons. The molecule has 0 aliphatic heterocycles. The highest BCUT2D eigenvalue weighted by Gasteiger charge is 2.09. The molecule has 1 aromatic rings. The highest BCUT2D eigenvalue weighted by molar-refractivity contribution is 5.95. The second-order valence-electron chi connectivity index (χ2n) is 4.36. The van der Waals surface area contributed by atoms with E-state index in [1.54, 1.807) is 44.4 Å². The third-order valence-electron chi connectivity index (χ3n) is 2.72. The van der Waals surface area contributed by atoms with Crippen molar-refractivity contribution in [3.05, 3.63) is 41.6 Å². The minimum atomic E-state index is -0.698. The number of methoxy groups -OCH3 is 1. The van der Waals surface area contributed by atoms with Crippen molar-refractivity contribution in [3.63, 3.8) is 0 Å². The molecule has 1 aromatic carbocycles. The standard InChI is InChI=1S/C16H19N3O4/c1-3-23-16(21)13(10-17)11-19-14-6-4-5-12(9-14)15(20)18-7-8-22-2/h4-6,9,11,19H,3,7-8H2,1-2H3,(H,18,20)/b13-11+.